The molecule has 3 heteroatoms. The number of alkyl halides is 1. The van der Waals surface area contributed by atoms with Gasteiger partial charge in [0.25, 0.3) is 0 Å². The van der Waals surface area contributed by atoms with Crippen LogP contribution in [-0.2, 0) is 0 Å². The topological polar surface area (TPSA) is 0 Å². The van der Waals surface area contributed by atoms with Crippen molar-refractivity contribution in [3.05, 3.63) is 69.5 Å². The molecule has 1 atom stereocenters. The minimum Gasteiger partial charge on any atom is -0.143 e. The predicted octanol–water partition coefficient (Wildman–Crippen LogP) is 5.99. The molecular weight excluding hydrogens is 328 g/mol. The molecule has 3 rings (SSSR count). The van der Waals surface area contributed by atoms with Crippen molar-refractivity contribution in [1.29, 1.82) is 0 Å². The van der Waals surface area contributed by atoms with Crippen molar-refractivity contribution in [1.82, 2.24) is 0 Å². The monoisotopic (exact) mass is 336 g/mol. The second kappa shape index (κ2) is 5.04. The van der Waals surface area contributed by atoms with E-state index in [2.05, 4.69) is 57.7 Å². The number of rotatable bonds is 2. The van der Waals surface area contributed by atoms with Crippen LogP contribution in [0.1, 0.15) is 16.5 Å². The van der Waals surface area contributed by atoms with E-state index in [4.69, 9.17) is 11.6 Å². The highest BCUT2D eigenvalue weighted by atomic mass is 79.9. The van der Waals surface area contributed by atoms with E-state index in [1.165, 1.54) is 15.6 Å². The number of hydrogen-bond donors (Lipinski definition) is 0. The lowest BCUT2D eigenvalue weighted by molar-refractivity contribution is 1.17. The lowest BCUT2D eigenvalue weighted by Crippen LogP contribution is -1.91. The molecule has 0 saturated heterocycles. The van der Waals surface area contributed by atoms with Gasteiger partial charge in [-0.05, 0) is 40.1 Å². The van der Waals surface area contributed by atoms with E-state index in [1.807, 2.05) is 12.1 Å². The Labute approximate surface area is 123 Å². The molecule has 0 aliphatic rings. The van der Waals surface area contributed by atoms with E-state index < -0.39 is 0 Å². The highest BCUT2D eigenvalue weighted by Gasteiger charge is 2.14. The van der Waals surface area contributed by atoms with Gasteiger partial charge in [-0.1, -0.05) is 46.3 Å². The highest BCUT2D eigenvalue weighted by Crippen LogP contribution is 2.37. The van der Waals surface area contributed by atoms with Crippen molar-refractivity contribution in [2.45, 2.75) is 5.38 Å². The van der Waals surface area contributed by atoms with Crippen molar-refractivity contribution in [2.24, 2.45) is 0 Å². The fraction of sp³-hybridized carbons (Fsp3) is 0.0667. The highest BCUT2D eigenvalue weighted by molar-refractivity contribution is 9.10. The molecule has 2 aromatic carbocycles. The molecule has 0 amide bonds. The van der Waals surface area contributed by atoms with Crippen LogP contribution in [0.5, 0.6) is 0 Å². The van der Waals surface area contributed by atoms with Gasteiger partial charge in [-0.3, -0.25) is 0 Å². The smallest absolute Gasteiger partial charge is 0.0849 e. The van der Waals surface area contributed by atoms with Crippen molar-refractivity contribution in [2.75, 3.05) is 0 Å². The van der Waals surface area contributed by atoms with Gasteiger partial charge >= 0.3 is 0 Å². The Kier molecular flexibility index (Phi) is 3.42. The average Bonchev–Trinajstić information content (AvgIpc) is 2.82. The molecule has 0 spiro atoms. The third-order valence-electron chi connectivity index (χ3n) is 2.95. The zero-order valence-corrected chi connectivity index (χ0v) is 12.6. The first kappa shape index (κ1) is 12.2. The molecule has 18 heavy (non-hydrogen) atoms. The standard InChI is InChI=1S/C15H10BrClS/c16-11-7-5-10(6-8-11)15(17)13-9-18-14-4-2-1-3-12(13)14/h1-9,15H. The maximum absolute atomic E-state index is 6.60. The Bertz CT molecular complexity index is 672. The van der Waals surface area contributed by atoms with E-state index in [1.54, 1.807) is 11.3 Å². The van der Waals surface area contributed by atoms with E-state index in [-0.39, 0.29) is 5.38 Å². The third-order valence-corrected chi connectivity index (χ3v) is 4.94. The second-order valence-electron chi connectivity index (χ2n) is 4.10. The van der Waals surface area contributed by atoms with E-state index in [9.17, 15) is 0 Å². The molecule has 0 N–H and O–H groups in total. The number of benzene rings is 2. The zero-order valence-electron chi connectivity index (χ0n) is 9.44. The Morgan fingerprint density at radius 2 is 1.72 bits per heavy atom. The average molecular weight is 338 g/mol. The summed E-state index contributed by atoms with van der Waals surface area (Å²) in [7, 11) is 0. The summed E-state index contributed by atoms with van der Waals surface area (Å²) in [5.74, 6) is 0. The number of fused-ring (bicyclic) bond motifs is 1. The fourth-order valence-electron chi connectivity index (χ4n) is 2.01. The minimum atomic E-state index is -0.0887. The van der Waals surface area contributed by atoms with Gasteiger partial charge in [0.2, 0.25) is 0 Å². The molecule has 1 unspecified atom stereocenters. The van der Waals surface area contributed by atoms with Crippen LogP contribution < -0.4 is 0 Å². The van der Waals surface area contributed by atoms with E-state index in [0.717, 1.165) is 10.0 Å². The Morgan fingerprint density at radius 1 is 1.00 bits per heavy atom. The van der Waals surface area contributed by atoms with Gasteiger partial charge in [0, 0.05) is 9.17 Å². The third kappa shape index (κ3) is 2.20. The zero-order chi connectivity index (χ0) is 12.5. The van der Waals surface area contributed by atoms with Crippen LogP contribution in [0.3, 0.4) is 0 Å². The van der Waals surface area contributed by atoms with Crippen LogP contribution in [0.25, 0.3) is 10.1 Å². The summed E-state index contributed by atoms with van der Waals surface area (Å²) in [6.07, 6.45) is 0. The molecule has 0 fully saturated rings. The van der Waals surface area contributed by atoms with Gasteiger partial charge in [0.15, 0.2) is 0 Å². The van der Waals surface area contributed by atoms with Crippen LogP contribution >= 0.6 is 38.9 Å². The van der Waals surface area contributed by atoms with Gasteiger partial charge < -0.3 is 0 Å². The first-order valence-electron chi connectivity index (χ1n) is 5.61. The summed E-state index contributed by atoms with van der Waals surface area (Å²) in [6, 6.07) is 16.6. The fourth-order valence-corrected chi connectivity index (χ4v) is 3.66. The Balaban J connectivity index is 2.06. The summed E-state index contributed by atoms with van der Waals surface area (Å²) in [5.41, 5.74) is 2.32. The first-order chi connectivity index (χ1) is 8.75. The first-order valence-corrected chi connectivity index (χ1v) is 7.72. The van der Waals surface area contributed by atoms with Gasteiger partial charge in [0.1, 0.15) is 0 Å². The summed E-state index contributed by atoms with van der Waals surface area (Å²) >= 11 is 11.8. The number of thiophene rings is 1. The van der Waals surface area contributed by atoms with Crippen molar-refractivity contribution < 1.29 is 0 Å². The van der Waals surface area contributed by atoms with Crippen molar-refractivity contribution in [3.63, 3.8) is 0 Å². The second-order valence-corrected chi connectivity index (χ2v) is 6.36. The van der Waals surface area contributed by atoms with Crippen LogP contribution in [0.2, 0.25) is 0 Å². The van der Waals surface area contributed by atoms with Crippen LogP contribution in [0.4, 0.5) is 0 Å². The molecular formula is C15H10BrClS. The molecule has 90 valence electrons. The predicted molar refractivity (Wildman–Crippen MR) is 83.7 cm³/mol. The van der Waals surface area contributed by atoms with Crippen molar-refractivity contribution >= 4 is 49.0 Å². The summed E-state index contributed by atoms with van der Waals surface area (Å²) in [5, 5.41) is 3.32. The summed E-state index contributed by atoms with van der Waals surface area (Å²) < 4.78 is 2.36. The van der Waals surface area contributed by atoms with Gasteiger partial charge in [-0.15, -0.1) is 22.9 Å². The van der Waals surface area contributed by atoms with Gasteiger partial charge in [-0.2, -0.15) is 0 Å². The number of hydrogen-bond acceptors (Lipinski definition) is 1. The van der Waals surface area contributed by atoms with Crippen molar-refractivity contribution in [3.8, 4) is 0 Å². The molecule has 0 radical (unpaired) electrons. The molecule has 0 aliphatic carbocycles. The van der Waals surface area contributed by atoms with Crippen LogP contribution in [-0.4, -0.2) is 0 Å². The van der Waals surface area contributed by atoms with Crippen LogP contribution in [0.15, 0.2) is 58.4 Å². The Morgan fingerprint density at radius 3 is 2.50 bits per heavy atom. The molecule has 0 saturated carbocycles. The quantitative estimate of drug-likeness (QED) is 0.504. The molecule has 0 nitrogen and oxygen atoms in total. The minimum absolute atomic E-state index is 0.0887. The maximum atomic E-state index is 6.60. The number of halogens is 2. The van der Waals surface area contributed by atoms with E-state index >= 15 is 0 Å². The largest absolute Gasteiger partial charge is 0.143 e. The molecule has 0 aliphatic heterocycles. The molecule has 1 aromatic heterocycles. The van der Waals surface area contributed by atoms with Gasteiger partial charge in [0.05, 0.1) is 5.38 Å². The molecule has 1 heterocycles. The summed E-state index contributed by atoms with van der Waals surface area (Å²) in [4.78, 5) is 0. The van der Waals surface area contributed by atoms with Gasteiger partial charge in [-0.25, -0.2) is 0 Å². The SMILES string of the molecule is ClC(c1ccc(Br)cc1)c1csc2ccccc12. The lowest BCUT2D eigenvalue weighted by atomic mass is 10.0. The molecule has 0 bridgehead atoms. The van der Waals surface area contributed by atoms with E-state index in [0.29, 0.717) is 0 Å². The summed E-state index contributed by atoms with van der Waals surface area (Å²) in [6.45, 7) is 0. The maximum Gasteiger partial charge on any atom is 0.0849 e. The Hall–Kier alpha value is -0.830. The van der Waals surface area contributed by atoms with Crippen LogP contribution in [0, 0.1) is 0 Å². The normalized spacial score (nSPS) is 12.8. The molecule has 3 aromatic rings. The lowest BCUT2D eigenvalue weighted by Gasteiger charge is -2.09.